The molecule has 246 valence electrons. The Labute approximate surface area is 274 Å². The Kier molecular flexibility index (Phi) is 7.42. The Morgan fingerprint density at radius 2 is 1.89 bits per heavy atom. The number of piperidine rings is 1. The van der Waals surface area contributed by atoms with Crippen molar-refractivity contribution in [2.24, 2.45) is 5.41 Å². The van der Waals surface area contributed by atoms with Crippen molar-refractivity contribution in [2.45, 2.75) is 57.6 Å². The second-order valence-corrected chi connectivity index (χ2v) is 13.7. The molecule has 12 heteroatoms. The van der Waals surface area contributed by atoms with E-state index in [9.17, 15) is 4.79 Å². The van der Waals surface area contributed by atoms with E-state index >= 15 is 0 Å². The molecule has 12 nitrogen and oxygen atoms in total. The number of rotatable bonds is 9. The summed E-state index contributed by atoms with van der Waals surface area (Å²) >= 11 is 0. The quantitative estimate of drug-likeness (QED) is 0.262. The second-order valence-electron chi connectivity index (χ2n) is 13.7. The minimum atomic E-state index is 0.00573. The maximum atomic E-state index is 12.2. The number of likely N-dealkylation sites (tertiary alicyclic amines) is 2. The van der Waals surface area contributed by atoms with Gasteiger partial charge in [-0.2, -0.15) is 15.1 Å². The van der Waals surface area contributed by atoms with Crippen molar-refractivity contribution in [3.05, 3.63) is 36.5 Å². The van der Waals surface area contributed by atoms with Crippen molar-refractivity contribution < 1.29 is 19.0 Å². The highest BCUT2D eigenvalue weighted by atomic mass is 16.5. The number of H-pyrrole nitrogens is 1. The number of aromatic amines is 1. The molecule has 3 saturated heterocycles. The predicted octanol–water partition coefficient (Wildman–Crippen LogP) is 4.51. The third kappa shape index (κ3) is 5.32. The summed E-state index contributed by atoms with van der Waals surface area (Å²) in [5.41, 5.74) is 5.09. The first kappa shape index (κ1) is 29.9. The van der Waals surface area contributed by atoms with Gasteiger partial charge >= 0.3 is 6.01 Å². The van der Waals surface area contributed by atoms with E-state index in [-0.39, 0.29) is 17.4 Å². The van der Waals surface area contributed by atoms with Gasteiger partial charge in [-0.25, -0.2) is 4.98 Å². The molecule has 1 aromatic carbocycles. The number of nitrogens with one attached hydrogen (secondary N) is 1. The van der Waals surface area contributed by atoms with Gasteiger partial charge in [0.2, 0.25) is 11.8 Å². The van der Waals surface area contributed by atoms with Gasteiger partial charge in [-0.1, -0.05) is 12.6 Å². The number of hydrogen-bond acceptors (Lipinski definition) is 10. The van der Waals surface area contributed by atoms with Crippen LogP contribution in [0.1, 0.15) is 44.1 Å². The molecule has 1 aliphatic carbocycles. The van der Waals surface area contributed by atoms with Crippen LogP contribution in [0.5, 0.6) is 17.6 Å². The highest BCUT2D eigenvalue weighted by molar-refractivity contribution is 6.04. The molecule has 1 amide bonds. The van der Waals surface area contributed by atoms with Crippen molar-refractivity contribution in [3.63, 3.8) is 0 Å². The van der Waals surface area contributed by atoms with Crippen LogP contribution in [0.2, 0.25) is 0 Å². The zero-order valence-electron chi connectivity index (χ0n) is 27.4. The van der Waals surface area contributed by atoms with E-state index in [4.69, 9.17) is 29.2 Å². The fourth-order valence-electron chi connectivity index (χ4n) is 7.55. The van der Waals surface area contributed by atoms with Crippen molar-refractivity contribution in [1.29, 1.82) is 0 Å². The molecule has 8 rings (SSSR count). The van der Waals surface area contributed by atoms with Gasteiger partial charge in [-0.05, 0) is 76.7 Å². The van der Waals surface area contributed by atoms with E-state index in [1.807, 2.05) is 17.2 Å². The van der Waals surface area contributed by atoms with Gasteiger partial charge in [0.05, 0.1) is 30.5 Å². The van der Waals surface area contributed by atoms with Crippen LogP contribution >= 0.6 is 0 Å². The first-order valence-electron chi connectivity index (χ1n) is 16.7. The molecular formula is C35H42N8O4. The molecular weight excluding hydrogens is 596 g/mol. The topological polar surface area (TPSA) is 122 Å². The molecule has 1 atom stereocenters. The zero-order chi connectivity index (χ0) is 32.3. The van der Waals surface area contributed by atoms with Crippen LogP contribution in [-0.2, 0) is 4.79 Å². The number of ether oxygens (including phenoxy) is 3. The van der Waals surface area contributed by atoms with Gasteiger partial charge in [0, 0.05) is 48.6 Å². The van der Waals surface area contributed by atoms with Crippen LogP contribution in [-0.4, -0.2) is 106 Å². The van der Waals surface area contributed by atoms with Gasteiger partial charge in [0.15, 0.2) is 11.6 Å². The summed E-state index contributed by atoms with van der Waals surface area (Å²) in [6.45, 7) is 10.4. The average Bonchev–Trinajstić information content (AvgIpc) is 3.59. The molecule has 4 fully saturated rings. The van der Waals surface area contributed by atoms with E-state index in [0.717, 1.165) is 105 Å². The number of pyridine rings is 1. The summed E-state index contributed by atoms with van der Waals surface area (Å²) in [6, 6.07) is 4.76. The van der Waals surface area contributed by atoms with Gasteiger partial charge in [-0.3, -0.25) is 9.89 Å². The third-order valence-corrected chi connectivity index (χ3v) is 10.5. The minimum Gasteiger partial charge on any atom is -0.487 e. The van der Waals surface area contributed by atoms with Crippen molar-refractivity contribution >= 4 is 33.7 Å². The van der Waals surface area contributed by atoms with E-state index in [2.05, 4.69) is 46.6 Å². The molecule has 0 bridgehead atoms. The first-order valence-corrected chi connectivity index (χ1v) is 16.7. The lowest BCUT2D eigenvalue weighted by atomic mass is 9.72. The number of likely N-dealkylation sites (N-methyl/N-ethyl adjacent to an activating group) is 1. The van der Waals surface area contributed by atoms with E-state index in [0.29, 0.717) is 41.3 Å². The number of hydrogen-bond donors (Lipinski definition) is 1. The lowest BCUT2D eigenvalue weighted by molar-refractivity contribution is -0.139. The van der Waals surface area contributed by atoms with Crippen LogP contribution in [0.15, 0.2) is 31.0 Å². The summed E-state index contributed by atoms with van der Waals surface area (Å²) in [4.78, 5) is 33.9. The normalized spacial score (nSPS) is 21.0. The fraction of sp³-hybridized carbons (Fsp3) is 0.514. The van der Waals surface area contributed by atoms with Crippen molar-refractivity contribution in [3.8, 4) is 28.8 Å². The molecule has 3 aliphatic heterocycles. The largest absolute Gasteiger partial charge is 0.487 e. The van der Waals surface area contributed by atoms with E-state index in [1.54, 1.807) is 7.11 Å². The van der Waals surface area contributed by atoms with Crippen LogP contribution < -0.4 is 19.1 Å². The van der Waals surface area contributed by atoms with Crippen LogP contribution in [0.3, 0.4) is 0 Å². The summed E-state index contributed by atoms with van der Waals surface area (Å²) in [6.07, 6.45) is 9.45. The number of aryl methyl sites for hydroxylation is 1. The number of fused-ring (bicyclic) bond motifs is 2. The second kappa shape index (κ2) is 11.7. The molecule has 0 radical (unpaired) electrons. The van der Waals surface area contributed by atoms with Gasteiger partial charge in [-0.15, -0.1) is 0 Å². The summed E-state index contributed by atoms with van der Waals surface area (Å²) in [5, 5.41) is 8.41. The lowest BCUT2D eigenvalue weighted by Crippen LogP contribution is -2.61. The SMILES string of the molecule is C=CC(=O)N1CC2(CCN(c3nc(OC[C@@H]4CCCN4C)nc4c(OC5CC5)c(-c5c(C)ccc6[nH]ncc56)c(OC)nc34)CC2)C1. The number of anilines is 1. The van der Waals surface area contributed by atoms with E-state index < -0.39 is 0 Å². The Bertz CT molecular complexity index is 1850. The van der Waals surface area contributed by atoms with Gasteiger partial charge < -0.3 is 28.9 Å². The maximum Gasteiger partial charge on any atom is 0.319 e. The van der Waals surface area contributed by atoms with Crippen molar-refractivity contribution in [2.75, 3.05) is 58.4 Å². The minimum absolute atomic E-state index is 0.00573. The molecule has 1 spiro atoms. The predicted molar refractivity (Wildman–Crippen MR) is 179 cm³/mol. The highest BCUT2D eigenvalue weighted by Crippen LogP contribution is 2.49. The fourth-order valence-corrected chi connectivity index (χ4v) is 7.55. The molecule has 3 aromatic heterocycles. The smallest absolute Gasteiger partial charge is 0.319 e. The van der Waals surface area contributed by atoms with Crippen LogP contribution in [0.25, 0.3) is 33.1 Å². The monoisotopic (exact) mass is 638 g/mol. The lowest BCUT2D eigenvalue weighted by Gasteiger charge is -2.53. The summed E-state index contributed by atoms with van der Waals surface area (Å²) < 4.78 is 19.2. The molecule has 1 N–H and O–H groups in total. The molecule has 4 aliphatic rings. The number of amides is 1. The number of aromatic nitrogens is 5. The van der Waals surface area contributed by atoms with E-state index in [1.165, 1.54) is 6.08 Å². The highest BCUT2D eigenvalue weighted by Gasteiger charge is 2.46. The average molecular weight is 639 g/mol. The molecule has 0 unspecified atom stereocenters. The number of methoxy groups -OCH3 is 1. The number of carbonyl (C=O) groups excluding carboxylic acids is 1. The van der Waals surface area contributed by atoms with Gasteiger partial charge in [0.1, 0.15) is 17.6 Å². The summed E-state index contributed by atoms with van der Waals surface area (Å²) in [7, 11) is 3.79. The number of benzene rings is 1. The molecule has 6 heterocycles. The molecule has 47 heavy (non-hydrogen) atoms. The van der Waals surface area contributed by atoms with Crippen LogP contribution in [0.4, 0.5) is 5.82 Å². The Morgan fingerprint density at radius 1 is 1.09 bits per heavy atom. The van der Waals surface area contributed by atoms with Gasteiger partial charge in [0.25, 0.3) is 0 Å². The molecule has 4 aromatic rings. The van der Waals surface area contributed by atoms with Crippen LogP contribution in [0, 0.1) is 12.3 Å². The van der Waals surface area contributed by atoms with Crippen molar-refractivity contribution in [1.82, 2.24) is 34.9 Å². The third-order valence-electron chi connectivity index (χ3n) is 10.5. The first-order chi connectivity index (χ1) is 22.9. The standard InChI is InChI=1S/C35H42N8O4/c1-5-26(44)43-19-35(20-43)12-15-42(16-13-35)32-30-29(38-34(39-32)46-18-22-7-6-14-41(22)3)31(47-23-9-10-23)28(33(37-30)45-4)27-21(2)8-11-25-24(27)17-36-40-25/h5,8,11,17,22-23H,1,6-7,9-10,12-16,18-20H2,2-4H3,(H,36,40)/t22-/m0/s1. The Hall–Kier alpha value is -4.45. The molecule has 1 saturated carbocycles. The zero-order valence-corrected chi connectivity index (χ0v) is 27.4. The summed E-state index contributed by atoms with van der Waals surface area (Å²) in [5.74, 6) is 1.83. The Morgan fingerprint density at radius 3 is 2.60 bits per heavy atom. The number of nitrogens with zero attached hydrogens (tertiary/aromatic N) is 7. The maximum absolute atomic E-state index is 12.2. The number of carbonyl (C=O) groups is 1. The Balaban J connectivity index is 1.25.